The number of hydrogen-bond acceptors (Lipinski definition) is 6. The summed E-state index contributed by atoms with van der Waals surface area (Å²) in [6.07, 6.45) is 43.8. The molecule has 6 nitrogen and oxygen atoms in total. The Morgan fingerprint density at radius 1 is 0.288 bits per heavy atom. The second-order valence-electron chi connectivity index (χ2n) is 19.6. The number of unbranched alkanes of at least 4 members (excludes halogenated alkanes) is 29. The van der Waals surface area contributed by atoms with Crippen LogP contribution in [0.2, 0.25) is 0 Å². The van der Waals surface area contributed by atoms with Crippen molar-refractivity contribution >= 4 is 17.9 Å². The molecule has 6 heteroatoms. The van der Waals surface area contributed by atoms with E-state index in [0.29, 0.717) is 19.3 Å². The SMILES string of the molecule is CC(C)CCCCCCCCCCCCCCCCCC(=O)OC[C@H](COC(=O)CCCCCCCCCCCC(C)C)OC(=O)CCCCCCCCCCC(C)C. The number of hydrogen-bond donors (Lipinski definition) is 0. The summed E-state index contributed by atoms with van der Waals surface area (Å²) >= 11 is 0. The van der Waals surface area contributed by atoms with E-state index in [1.807, 2.05) is 0 Å². The first-order valence-corrected chi connectivity index (χ1v) is 26.1. The summed E-state index contributed by atoms with van der Waals surface area (Å²) in [6, 6.07) is 0. The third kappa shape index (κ3) is 47.3. The van der Waals surface area contributed by atoms with Crippen molar-refractivity contribution in [2.75, 3.05) is 13.2 Å². The molecule has 0 saturated carbocycles. The number of esters is 3. The lowest BCUT2D eigenvalue weighted by molar-refractivity contribution is -0.167. The minimum absolute atomic E-state index is 0.0650. The molecule has 0 aliphatic carbocycles. The van der Waals surface area contributed by atoms with Gasteiger partial charge in [0.2, 0.25) is 0 Å². The molecule has 350 valence electrons. The summed E-state index contributed by atoms with van der Waals surface area (Å²) in [5.74, 6) is 1.60. The molecule has 0 rings (SSSR count). The van der Waals surface area contributed by atoms with Crippen LogP contribution in [0.5, 0.6) is 0 Å². The van der Waals surface area contributed by atoms with E-state index in [2.05, 4.69) is 41.5 Å². The minimum Gasteiger partial charge on any atom is -0.462 e. The zero-order valence-electron chi connectivity index (χ0n) is 40.5. The standard InChI is InChI=1S/C53H102O6/c1-47(2)39-33-27-21-15-12-10-8-7-9-11-13-17-24-30-36-42-51(54)57-45-50(59-53(56)44-38-32-26-20-19-23-29-35-41-49(5)6)46-58-52(55)43-37-31-25-18-14-16-22-28-34-40-48(3)4/h47-50H,7-46H2,1-6H3/t50-/m1/s1. The van der Waals surface area contributed by atoms with Crippen molar-refractivity contribution in [3.63, 3.8) is 0 Å². The Kier molecular flexibility index (Phi) is 43.3. The predicted molar refractivity (Wildman–Crippen MR) is 252 cm³/mol. The molecule has 0 aromatic rings. The van der Waals surface area contributed by atoms with Gasteiger partial charge in [0.25, 0.3) is 0 Å². The maximum Gasteiger partial charge on any atom is 0.306 e. The maximum absolute atomic E-state index is 12.8. The first kappa shape index (κ1) is 57.4. The molecule has 0 aromatic carbocycles. The van der Waals surface area contributed by atoms with Crippen LogP contribution < -0.4 is 0 Å². The van der Waals surface area contributed by atoms with Crippen LogP contribution in [0.3, 0.4) is 0 Å². The van der Waals surface area contributed by atoms with Gasteiger partial charge < -0.3 is 14.2 Å². The third-order valence-electron chi connectivity index (χ3n) is 11.9. The van der Waals surface area contributed by atoms with E-state index < -0.39 is 6.10 Å². The van der Waals surface area contributed by atoms with E-state index in [4.69, 9.17) is 14.2 Å². The number of ether oxygens (including phenoxy) is 3. The summed E-state index contributed by atoms with van der Waals surface area (Å²) in [6.45, 7) is 13.7. The van der Waals surface area contributed by atoms with Crippen molar-refractivity contribution in [2.45, 2.75) is 292 Å². The van der Waals surface area contributed by atoms with Crippen LogP contribution in [0.15, 0.2) is 0 Å². The lowest BCUT2D eigenvalue weighted by Gasteiger charge is -2.18. The Morgan fingerprint density at radius 3 is 0.729 bits per heavy atom. The first-order valence-electron chi connectivity index (χ1n) is 26.1. The summed E-state index contributed by atoms with van der Waals surface area (Å²) in [4.78, 5) is 37.9. The molecule has 59 heavy (non-hydrogen) atoms. The normalized spacial score (nSPS) is 12.2. The molecule has 0 heterocycles. The van der Waals surface area contributed by atoms with Gasteiger partial charge in [-0.25, -0.2) is 0 Å². The van der Waals surface area contributed by atoms with Gasteiger partial charge in [-0.2, -0.15) is 0 Å². The van der Waals surface area contributed by atoms with Crippen LogP contribution >= 0.6 is 0 Å². The second kappa shape index (κ2) is 44.5. The van der Waals surface area contributed by atoms with Gasteiger partial charge in [0.1, 0.15) is 13.2 Å². The van der Waals surface area contributed by atoms with Crippen LogP contribution in [0.1, 0.15) is 286 Å². The zero-order chi connectivity index (χ0) is 43.4. The molecular formula is C53H102O6. The molecule has 0 N–H and O–H groups in total. The van der Waals surface area contributed by atoms with Gasteiger partial charge in [0.15, 0.2) is 6.10 Å². The summed E-state index contributed by atoms with van der Waals surface area (Å²) in [5.41, 5.74) is 0. The molecule has 0 radical (unpaired) electrons. The smallest absolute Gasteiger partial charge is 0.306 e. The molecule has 0 fully saturated rings. The van der Waals surface area contributed by atoms with Gasteiger partial charge in [-0.3, -0.25) is 14.4 Å². The average Bonchev–Trinajstić information content (AvgIpc) is 3.19. The molecule has 0 unspecified atom stereocenters. The van der Waals surface area contributed by atoms with Gasteiger partial charge in [-0.05, 0) is 37.0 Å². The molecule has 0 spiro atoms. The highest BCUT2D eigenvalue weighted by Gasteiger charge is 2.19. The Morgan fingerprint density at radius 2 is 0.492 bits per heavy atom. The molecule has 0 amide bonds. The van der Waals surface area contributed by atoms with E-state index in [9.17, 15) is 14.4 Å². The van der Waals surface area contributed by atoms with E-state index in [1.165, 1.54) is 167 Å². The van der Waals surface area contributed by atoms with E-state index in [-0.39, 0.29) is 31.1 Å². The van der Waals surface area contributed by atoms with E-state index in [0.717, 1.165) is 75.5 Å². The van der Waals surface area contributed by atoms with Crippen molar-refractivity contribution in [1.82, 2.24) is 0 Å². The third-order valence-corrected chi connectivity index (χ3v) is 11.9. The summed E-state index contributed by atoms with van der Waals surface area (Å²) < 4.78 is 16.8. The van der Waals surface area contributed by atoms with Crippen molar-refractivity contribution in [3.8, 4) is 0 Å². The molecule has 0 aromatic heterocycles. The van der Waals surface area contributed by atoms with Crippen LogP contribution in [0.25, 0.3) is 0 Å². The highest BCUT2D eigenvalue weighted by Crippen LogP contribution is 2.18. The molecule has 1 atom stereocenters. The maximum atomic E-state index is 12.8. The van der Waals surface area contributed by atoms with E-state index in [1.54, 1.807) is 0 Å². The molecule has 0 aliphatic heterocycles. The molecule has 0 saturated heterocycles. The topological polar surface area (TPSA) is 78.9 Å². The zero-order valence-corrected chi connectivity index (χ0v) is 40.5. The Balaban J connectivity index is 4.26. The fourth-order valence-electron chi connectivity index (χ4n) is 7.94. The van der Waals surface area contributed by atoms with Crippen molar-refractivity contribution < 1.29 is 28.6 Å². The van der Waals surface area contributed by atoms with Crippen LogP contribution in [-0.2, 0) is 28.6 Å². The monoisotopic (exact) mass is 835 g/mol. The largest absolute Gasteiger partial charge is 0.462 e. The summed E-state index contributed by atoms with van der Waals surface area (Å²) in [5, 5.41) is 0. The van der Waals surface area contributed by atoms with Gasteiger partial charge in [-0.1, -0.05) is 247 Å². The van der Waals surface area contributed by atoms with Crippen LogP contribution in [0, 0.1) is 17.8 Å². The van der Waals surface area contributed by atoms with Crippen LogP contribution in [0.4, 0.5) is 0 Å². The lowest BCUT2D eigenvalue weighted by atomic mass is 10.0. The molecule has 0 aliphatic rings. The van der Waals surface area contributed by atoms with E-state index >= 15 is 0 Å². The Bertz CT molecular complexity index is 914. The van der Waals surface area contributed by atoms with Crippen molar-refractivity contribution in [2.24, 2.45) is 17.8 Å². The Hall–Kier alpha value is -1.59. The highest BCUT2D eigenvalue weighted by molar-refractivity contribution is 5.71. The van der Waals surface area contributed by atoms with Crippen molar-refractivity contribution in [1.29, 1.82) is 0 Å². The Labute approximate surface area is 368 Å². The fraction of sp³-hybridized carbons (Fsp3) is 0.943. The van der Waals surface area contributed by atoms with Crippen LogP contribution in [-0.4, -0.2) is 37.2 Å². The van der Waals surface area contributed by atoms with Gasteiger partial charge in [-0.15, -0.1) is 0 Å². The summed E-state index contributed by atoms with van der Waals surface area (Å²) in [7, 11) is 0. The predicted octanol–water partition coefficient (Wildman–Crippen LogP) is 16.8. The van der Waals surface area contributed by atoms with Crippen molar-refractivity contribution in [3.05, 3.63) is 0 Å². The number of rotatable bonds is 46. The minimum atomic E-state index is -0.763. The number of carbonyl (C=O) groups excluding carboxylic acids is 3. The lowest BCUT2D eigenvalue weighted by Crippen LogP contribution is -2.30. The molecule has 0 bridgehead atoms. The second-order valence-corrected chi connectivity index (χ2v) is 19.6. The fourth-order valence-corrected chi connectivity index (χ4v) is 7.94. The highest BCUT2D eigenvalue weighted by atomic mass is 16.6. The number of carbonyl (C=O) groups is 3. The molecular weight excluding hydrogens is 733 g/mol. The average molecular weight is 835 g/mol. The van der Waals surface area contributed by atoms with Gasteiger partial charge >= 0.3 is 17.9 Å². The first-order chi connectivity index (χ1) is 28.6. The quantitative estimate of drug-likeness (QED) is 0.0345. The van der Waals surface area contributed by atoms with Gasteiger partial charge in [0.05, 0.1) is 0 Å². The van der Waals surface area contributed by atoms with Gasteiger partial charge in [0, 0.05) is 19.3 Å².